The fraction of sp³-hybridized carbons (Fsp3) is 0.536. The Kier molecular flexibility index (Phi) is 3.87. The summed E-state index contributed by atoms with van der Waals surface area (Å²) >= 11 is 0. The number of benzene rings is 2. The normalized spacial score (nSPS) is 40.2. The minimum atomic E-state index is -1.48. The van der Waals surface area contributed by atoms with Gasteiger partial charge < -0.3 is 25.0 Å². The number of anilines is 1. The van der Waals surface area contributed by atoms with E-state index in [0.717, 1.165) is 37.4 Å². The molecule has 3 aliphatic carbocycles. The molecule has 35 heavy (non-hydrogen) atoms. The van der Waals surface area contributed by atoms with Gasteiger partial charge in [-0.2, -0.15) is 0 Å². The first-order valence-corrected chi connectivity index (χ1v) is 13.0. The molecule has 6 atom stereocenters. The molecule has 2 aromatic carbocycles. The quantitative estimate of drug-likeness (QED) is 0.631. The summed E-state index contributed by atoms with van der Waals surface area (Å²) in [5.41, 5.74) is 0.194. The lowest BCUT2D eigenvalue weighted by atomic mass is 9.44. The van der Waals surface area contributed by atoms with Crippen LogP contribution in [0.2, 0.25) is 0 Å². The summed E-state index contributed by atoms with van der Waals surface area (Å²) in [6.07, 6.45) is 3.60. The number of amides is 1. The highest BCUT2D eigenvalue weighted by Crippen LogP contribution is 2.71. The van der Waals surface area contributed by atoms with Crippen molar-refractivity contribution in [1.82, 2.24) is 4.90 Å². The van der Waals surface area contributed by atoms with E-state index < -0.39 is 28.8 Å². The van der Waals surface area contributed by atoms with Gasteiger partial charge in [0, 0.05) is 23.8 Å². The highest BCUT2D eigenvalue weighted by molar-refractivity contribution is 5.95. The zero-order valence-corrected chi connectivity index (χ0v) is 19.6. The molecule has 2 spiro atoms. The number of carbonyl (C=O) groups excluding carboxylic acids is 1. The predicted octanol–water partition coefficient (Wildman–Crippen LogP) is 2.73. The van der Waals surface area contributed by atoms with Crippen molar-refractivity contribution in [3.8, 4) is 11.5 Å². The maximum absolute atomic E-state index is 13.6. The van der Waals surface area contributed by atoms with Gasteiger partial charge in [0.15, 0.2) is 17.6 Å². The van der Waals surface area contributed by atoms with Crippen LogP contribution < -0.4 is 10.1 Å². The number of carbonyl (C=O) groups is 1. The third-order valence-corrected chi connectivity index (χ3v) is 9.90. The second kappa shape index (κ2) is 6.58. The van der Waals surface area contributed by atoms with Crippen molar-refractivity contribution in [1.29, 1.82) is 0 Å². The summed E-state index contributed by atoms with van der Waals surface area (Å²) in [6, 6.07) is 13.2. The summed E-state index contributed by atoms with van der Waals surface area (Å²) in [6.45, 7) is 1.97. The van der Waals surface area contributed by atoms with Crippen molar-refractivity contribution in [2.24, 2.45) is 5.92 Å². The lowest BCUT2D eigenvalue weighted by Crippen LogP contribution is -2.87. The van der Waals surface area contributed by atoms with E-state index >= 15 is 0 Å². The first kappa shape index (κ1) is 20.6. The van der Waals surface area contributed by atoms with Crippen LogP contribution in [-0.2, 0) is 21.4 Å². The number of fused-ring (bicyclic) bond motifs is 2. The standard InChI is InChI=1S/C28H30N2O5/c31-19-9-8-17-14-20-28-11-10-27(33,23(35-28)24(32)29-18-4-2-1-3-5-18)25-26(28,21(17)22(19)34-25)12-13-30(20)15-16-6-7-16/h1-5,8-9,16,20,23,25,31,33H,6-7,10-15H2,(H,29,32)/t20-,23+,25-,26+,27+,28-/m1/s1. The zero-order valence-electron chi connectivity index (χ0n) is 19.6. The van der Waals surface area contributed by atoms with Crippen LogP contribution in [0.5, 0.6) is 11.5 Å². The molecule has 4 bridgehead atoms. The van der Waals surface area contributed by atoms with Crippen molar-refractivity contribution >= 4 is 11.6 Å². The van der Waals surface area contributed by atoms with Crippen LogP contribution in [0.4, 0.5) is 5.69 Å². The van der Waals surface area contributed by atoms with Crippen LogP contribution in [0.3, 0.4) is 0 Å². The largest absolute Gasteiger partial charge is 0.504 e. The molecule has 7 nitrogen and oxygen atoms in total. The number of nitrogens with one attached hydrogen (secondary N) is 1. The third-order valence-electron chi connectivity index (χ3n) is 9.90. The van der Waals surface area contributed by atoms with Gasteiger partial charge in [0.2, 0.25) is 0 Å². The van der Waals surface area contributed by atoms with Gasteiger partial charge >= 0.3 is 0 Å². The average molecular weight is 475 g/mol. The lowest BCUT2D eigenvalue weighted by Gasteiger charge is -2.72. The molecule has 1 amide bonds. The van der Waals surface area contributed by atoms with E-state index in [1.807, 2.05) is 36.4 Å². The average Bonchev–Trinajstić information content (AvgIpc) is 3.60. The van der Waals surface area contributed by atoms with E-state index in [-0.39, 0.29) is 17.7 Å². The molecule has 4 aliphatic heterocycles. The molecule has 3 N–H and O–H groups in total. The van der Waals surface area contributed by atoms with Gasteiger partial charge in [0.1, 0.15) is 11.7 Å². The fourth-order valence-corrected chi connectivity index (χ4v) is 8.33. The Morgan fingerprint density at radius 1 is 1.11 bits per heavy atom. The number of hydrogen-bond donors (Lipinski definition) is 3. The van der Waals surface area contributed by atoms with Crippen LogP contribution in [0.15, 0.2) is 42.5 Å². The van der Waals surface area contributed by atoms with Crippen LogP contribution in [0.1, 0.15) is 43.2 Å². The minimum absolute atomic E-state index is 0.106. The Labute approximate surface area is 204 Å². The molecule has 7 heteroatoms. The number of aliphatic hydroxyl groups is 1. The topological polar surface area (TPSA) is 91.3 Å². The molecule has 3 saturated heterocycles. The maximum atomic E-state index is 13.6. The van der Waals surface area contributed by atoms with E-state index in [0.29, 0.717) is 24.3 Å². The van der Waals surface area contributed by atoms with Gasteiger partial charge in [-0.25, -0.2) is 0 Å². The zero-order chi connectivity index (χ0) is 23.6. The smallest absolute Gasteiger partial charge is 0.256 e. The monoisotopic (exact) mass is 474 g/mol. The molecular weight excluding hydrogens is 444 g/mol. The van der Waals surface area contributed by atoms with E-state index in [4.69, 9.17) is 9.47 Å². The highest BCUT2D eigenvalue weighted by Gasteiger charge is 2.82. The molecular formula is C28H30N2O5. The Morgan fingerprint density at radius 2 is 1.94 bits per heavy atom. The Bertz CT molecular complexity index is 1250. The summed E-state index contributed by atoms with van der Waals surface area (Å²) < 4.78 is 13.5. The van der Waals surface area contributed by atoms with Crippen LogP contribution in [-0.4, -0.2) is 63.6 Å². The molecule has 182 valence electrons. The summed E-state index contributed by atoms with van der Waals surface area (Å²) in [5, 5.41) is 26.0. The fourth-order valence-electron chi connectivity index (χ4n) is 8.33. The van der Waals surface area contributed by atoms with Crippen molar-refractivity contribution < 1.29 is 24.5 Å². The predicted molar refractivity (Wildman–Crippen MR) is 127 cm³/mol. The Morgan fingerprint density at radius 3 is 2.74 bits per heavy atom. The third kappa shape index (κ3) is 2.40. The van der Waals surface area contributed by atoms with Crippen LogP contribution >= 0.6 is 0 Å². The first-order valence-electron chi connectivity index (χ1n) is 13.0. The molecule has 2 saturated carbocycles. The second-order valence-corrected chi connectivity index (χ2v) is 11.6. The molecule has 7 aliphatic rings. The first-order chi connectivity index (χ1) is 17.0. The molecule has 9 rings (SSSR count). The Hall–Kier alpha value is -2.61. The minimum Gasteiger partial charge on any atom is -0.504 e. The number of likely N-dealkylation sites (tertiary alicyclic amines) is 1. The number of phenols is 1. The molecule has 0 aromatic heterocycles. The van der Waals surface area contributed by atoms with Crippen molar-refractivity contribution in [2.45, 2.75) is 73.4 Å². The number of ether oxygens (including phenoxy) is 2. The lowest BCUT2D eigenvalue weighted by molar-refractivity contribution is -0.344. The molecule has 0 unspecified atom stereocenters. The Balaban J connectivity index is 1.28. The van der Waals surface area contributed by atoms with Gasteiger partial charge in [0.25, 0.3) is 5.91 Å². The van der Waals surface area contributed by atoms with Gasteiger partial charge in [-0.05, 0) is 74.8 Å². The van der Waals surface area contributed by atoms with Crippen LogP contribution in [0.25, 0.3) is 0 Å². The summed E-state index contributed by atoms with van der Waals surface area (Å²) in [5.74, 6) is 0.997. The number of para-hydroxylation sites is 1. The van der Waals surface area contributed by atoms with Crippen molar-refractivity contribution in [2.75, 3.05) is 18.4 Å². The number of aromatic hydroxyl groups is 1. The number of phenolic OH excluding ortho intramolecular Hbond substituents is 1. The van der Waals surface area contributed by atoms with Crippen molar-refractivity contribution in [3.63, 3.8) is 0 Å². The van der Waals surface area contributed by atoms with Gasteiger partial charge in [0.05, 0.1) is 11.0 Å². The molecule has 4 heterocycles. The maximum Gasteiger partial charge on any atom is 0.256 e. The number of nitrogens with zero attached hydrogens (tertiary/aromatic N) is 1. The molecule has 0 radical (unpaired) electrons. The van der Waals surface area contributed by atoms with E-state index in [1.165, 1.54) is 18.4 Å². The van der Waals surface area contributed by atoms with E-state index in [1.54, 1.807) is 6.07 Å². The highest BCUT2D eigenvalue weighted by atomic mass is 16.6. The number of hydrogen-bond acceptors (Lipinski definition) is 6. The number of rotatable bonds is 4. The van der Waals surface area contributed by atoms with E-state index in [9.17, 15) is 15.0 Å². The number of piperidine rings is 1. The summed E-state index contributed by atoms with van der Waals surface area (Å²) in [7, 11) is 0. The van der Waals surface area contributed by atoms with Gasteiger partial charge in [-0.3, -0.25) is 9.69 Å². The molecule has 5 fully saturated rings. The molecule has 2 aromatic rings. The van der Waals surface area contributed by atoms with Gasteiger partial charge in [-0.15, -0.1) is 0 Å². The van der Waals surface area contributed by atoms with Gasteiger partial charge in [-0.1, -0.05) is 24.3 Å². The summed E-state index contributed by atoms with van der Waals surface area (Å²) in [4.78, 5) is 16.2. The SMILES string of the molecule is O=C(Nc1ccccc1)[C@@H]1O[C@@]23CC[C@@]1(O)[C@@H]1Oc4c(O)ccc5c4[C@@]12CCN(CC1CC1)[C@@H]3C5. The van der Waals surface area contributed by atoms with E-state index in [2.05, 4.69) is 10.2 Å². The second-order valence-electron chi connectivity index (χ2n) is 11.6. The van der Waals surface area contributed by atoms with Crippen molar-refractivity contribution in [3.05, 3.63) is 53.6 Å². The van der Waals surface area contributed by atoms with Crippen LogP contribution in [0, 0.1) is 5.92 Å².